The van der Waals surface area contributed by atoms with Gasteiger partial charge in [0.2, 0.25) is 11.8 Å². The van der Waals surface area contributed by atoms with Crippen LogP contribution in [-0.2, 0) is 31.0 Å². The number of phenolic OH excluding ortho intramolecular Hbond substituents is 1. The number of fused-ring (bicyclic) bond motifs is 4. The van der Waals surface area contributed by atoms with Gasteiger partial charge < -0.3 is 5.11 Å². The molecule has 1 saturated carbocycles. The molecule has 49 heavy (non-hydrogen) atoms. The number of anilines is 1. The molecule has 1 heterocycles. The van der Waals surface area contributed by atoms with E-state index in [-0.39, 0.29) is 35.6 Å². The number of aromatic hydroxyl groups is 1. The number of nitrogens with zero attached hydrogens (tertiary/aromatic N) is 1. The summed E-state index contributed by atoms with van der Waals surface area (Å²) in [5.41, 5.74) is 4.52. The van der Waals surface area contributed by atoms with Gasteiger partial charge in [0.25, 0.3) is 0 Å². The van der Waals surface area contributed by atoms with E-state index in [4.69, 9.17) is 0 Å². The predicted octanol–water partition coefficient (Wildman–Crippen LogP) is 7.29. The molecule has 1 saturated heterocycles. The van der Waals surface area contributed by atoms with Gasteiger partial charge in [0, 0.05) is 17.4 Å². The molecule has 0 spiro atoms. The van der Waals surface area contributed by atoms with Crippen LogP contribution >= 0.6 is 0 Å². The van der Waals surface area contributed by atoms with Crippen LogP contribution in [0.25, 0.3) is 5.57 Å². The van der Waals surface area contributed by atoms with Gasteiger partial charge in [-0.05, 0) is 84.2 Å². The fraction of sp³-hybridized carbons (Fsp3) is 0.256. The number of rotatable bonds is 5. The molecule has 8 rings (SSSR count). The highest BCUT2D eigenvalue weighted by atomic mass is 16.3. The third-order valence-corrected chi connectivity index (χ3v) is 11.5. The van der Waals surface area contributed by atoms with E-state index in [1.807, 2.05) is 104 Å². The second-order valence-electron chi connectivity index (χ2n) is 13.9. The van der Waals surface area contributed by atoms with Crippen LogP contribution in [-0.4, -0.2) is 28.5 Å². The maximum absolute atomic E-state index is 15.1. The second kappa shape index (κ2) is 11.7. The Morgan fingerprint density at radius 2 is 1.51 bits per heavy atom. The van der Waals surface area contributed by atoms with Crippen LogP contribution in [0, 0.1) is 30.6 Å². The highest BCUT2D eigenvalue weighted by molar-refractivity contribution is 6.32. The number of allylic oxidation sites excluding steroid dienone is 4. The number of Topliss-reactive ketones (excluding diaryl/α,β-unsaturated/α-hetero) is 1. The quantitative estimate of drug-likeness (QED) is 0.182. The molecule has 0 unspecified atom stereocenters. The van der Waals surface area contributed by atoms with Gasteiger partial charge in [0.05, 0.1) is 22.9 Å². The third kappa shape index (κ3) is 4.53. The normalized spacial score (nSPS) is 27.6. The molecular formula is C43H37NO5. The van der Waals surface area contributed by atoms with E-state index in [0.717, 1.165) is 28.7 Å². The number of hydrogen-bond donors (Lipinski definition) is 1. The Balaban J connectivity index is 1.34. The first kappa shape index (κ1) is 30.9. The Morgan fingerprint density at radius 3 is 2.18 bits per heavy atom. The van der Waals surface area contributed by atoms with Crippen molar-refractivity contribution in [2.75, 3.05) is 4.90 Å². The van der Waals surface area contributed by atoms with Crippen LogP contribution < -0.4 is 4.90 Å². The minimum absolute atomic E-state index is 0.137. The first-order chi connectivity index (χ1) is 23.7. The topological polar surface area (TPSA) is 91.8 Å². The number of aryl methyl sites for hydroxylation is 2. The van der Waals surface area contributed by atoms with Crippen molar-refractivity contribution in [3.05, 3.63) is 149 Å². The number of imide groups is 1. The second-order valence-corrected chi connectivity index (χ2v) is 13.9. The molecule has 244 valence electrons. The lowest BCUT2D eigenvalue weighted by Crippen LogP contribution is -2.58. The summed E-state index contributed by atoms with van der Waals surface area (Å²) in [6, 6.07) is 31.8. The van der Waals surface area contributed by atoms with Gasteiger partial charge in [-0.15, -0.1) is 0 Å². The van der Waals surface area contributed by atoms with E-state index >= 15 is 4.79 Å². The molecule has 4 aliphatic rings. The van der Waals surface area contributed by atoms with Crippen LogP contribution in [0.2, 0.25) is 0 Å². The fourth-order valence-corrected chi connectivity index (χ4v) is 9.24. The first-order valence-electron chi connectivity index (χ1n) is 17.1. The SMILES string of the molecule is CCc1ccc(N2C(=O)[C@H]3[C@H](CC=C4[C@H]3C[C@H]3C(=O)C(c5ccccc5)=CC(=O)[C@@]3(c3ccccc3)[C@H]4c3ccc(O)c(C)c3)C2=O)cc1. The van der Waals surface area contributed by atoms with Crippen LogP contribution in [0.5, 0.6) is 5.75 Å². The zero-order valence-electron chi connectivity index (χ0n) is 27.5. The van der Waals surface area contributed by atoms with Crippen LogP contribution in [0.3, 0.4) is 0 Å². The maximum atomic E-state index is 15.1. The monoisotopic (exact) mass is 647 g/mol. The zero-order chi connectivity index (χ0) is 34.0. The van der Waals surface area contributed by atoms with Crippen molar-refractivity contribution in [1.29, 1.82) is 0 Å². The summed E-state index contributed by atoms with van der Waals surface area (Å²) in [5, 5.41) is 10.6. The Bertz CT molecular complexity index is 2080. The molecule has 6 heteroatoms. The average molecular weight is 648 g/mol. The van der Waals surface area contributed by atoms with Crippen molar-refractivity contribution in [3.8, 4) is 5.75 Å². The maximum Gasteiger partial charge on any atom is 0.238 e. The molecule has 0 bridgehead atoms. The summed E-state index contributed by atoms with van der Waals surface area (Å²) in [6.07, 6.45) is 5.06. The van der Waals surface area contributed by atoms with Crippen molar-refractivity contribution in [2.24, 2.45) is 23.7 Å². The van der Waals surface area contributed by atoms with Crippen molar-refractivity contribution < 1.29 is 24.3 Å². The number of carbonyl (C=O) groups is 4. The number of carbonyl (C=O) groups excluding carboxylic acids is 4. The Kier molecular flexibility index (Phi) is 7.36. The van der Waals surface area contributed by atoms with Gasteiger partial charge >= 0.3 is 0 Å². The van der Waals surface area contributed by atoms with E-state index < -0.39 is 35.0 Å². The molecular weight excluding hydrogens is 610 g/mol. The number of benzene rings is 4. The highest BCUT2D eigenvalue weighted by Gasteiger charge is 2.66. The molecule has 0 aromatic heterocycles. The Labute approximate surface area is 285 Å². The smallest absolute Gasteiger partial charge is 0.238 e. The van der Waals surface area contributed by atoms with E-state index in [0.29, 0.717) is 28.8 Å². The van der Waals surface area contributed by atoms with E-state index in [2.05, 4.69) is 13.0 Å². The lowest BCUT2D eigenvalue weighted by atomic mass is 9.44. The summed E-state index contributed by atoms with van der Waals surface area (Å²) < 4.78 is 0. The molecule has 6 atom stereocenters. The number of phenols is 1. The van der Waals surface area contributed by atoms with Gasteiger partial charge in [-0.1, -0.05) is 104 Å². The number of hydrogen-bond acceptors (Lipinski definition) is 5. The molecule has 4 aromatic rings. The summed E-state index contributed by atoms with van der Waals surface area (Å²) in [5.74, 6) is -3.71. The molecule has 6 nitrogen and oxygen atoms in total. The van der Waals surface area contributed by atoms with E-state index in [1.54, 1.807) is 6.07 Å². The fourth-order valence-electron chi connectivity index (χ4n) is 9.24. The third-order valence-electron chi connectivity index (χ3n) is 11.5. The van der Waals surface area contributed by atoms with Gasteiger partial charge in [-0.3, -0.25) is 24.1 Å². The molecule has 2 fully saturated rings. The van der Waals surface area contributed by atoms with Gasteiger partial charge in [-0.2, -0.15) is 0 Å². The van der Waals surface area contributed by atoms with Crippen LogP contribution in [0.15, 0.2) is 121 Å². The Hall–Kier alpha value is -5.36. The van der Waals surface area contributed by atoms with Gasteiger partial charge in [0.15, 0.2) is 11.6 Å². The van der Waals surface area contributed by atoms with E-state index in [1.165, 1.54) is 11.0 Å². The van der Waals surface area contributed by atoms with Crippen molar-refractivity contribution in [2.45, 2.75) is 44.4 Å². The standard InChI is InChI=1S/C43H37NO5/c1-3-26-14-17-30(18-15-26)44-41(48)32-20-19-31-34(38(32)42(44)49)23-35-40(47)33(27-10-6-4-7-11-27)24-37(46)43(35,29-12-8-5-9-13-29)39(31)28-16-21-36(45)25(2)22-28/h4-19,21-22,24,32,34-35,38-39,45H,3,20,23H2,1-2H3/t32-,34+,35-,38-,39-,43-/m0/s1. The van der Waals surface area contributed by atoms with Crippen molar-refractivity contribution >= 4 is 34.6 Å². The molecule has 1 N–H and O–H groups in total. The van der Waals surface area contributed by atoms with Crippen LogP contribution in [0.1, 0.15) is 53.5 Å². The average Bonchev–Trinajstić information content (AvgIpc) is 3.39. The van der Waals surface area contributed by atoms with Crippen LogP contribution in [0.4, 0.5) is 5.69 Å². The molecule has 1 aliphatic heterocycles. The summed E-state index contributed by atoms with van der Waals surface area (Å²) in [7, 11) is 0. The molecule has 0 radical (unpaired) electrons. The van der Waals surface area contributed by atoms with Crippen molar-refractivity contribution in [3.63, 3.8) is 0 Å². The molecule has 4 aromatic carbocycles. The molecule has 3 aliphatic carbocycles. The lowest BCUT2D eigenvalue weighted by molar-refractivity contribution is -0.135. The molecule has 2 amide bonds. The minimum Gasteiger partial charge on any atom is -0.508 e. The minimum atomic E-state index is -1.30. The highest BCUT2D eigenvalue weighted by Crippen LogP contribution is 2.63. The number of ketones is 2. The summed E-state index contributed by atoms with van der Waals surface area (Å²) in [6.45, 7) is 3.88. The first-order valence-corrected chi connectivity index (χ1v) is 17.1. The summed E-state index contributed by atoms with van der Waals surface area (Å²) >= 11 is 0. The predicted molar refractivity (Wildman–Crippen MR) is 188 cm³/mol. The number of amides is 2. The van der Waals surface area contributed by atoms with Gasteiger partial charge in [0.1, 0.15) is 5.75 Å². The Morgan fingerprint density at radius 1 is 0.816 bits per heavy atom. The lowest BCUT2D eigenvalue weighted by Gasteiger charge is -2.55. The van der Waals surface area contributed by atoms with E-state index in [9.17, 15) is 19.5 Å². The van der Waals surface area contributed by atoms with Gasteiger partial charge in [-0.25, -0.2) is 0 Å². The zero-order valence-corrected chi connectivity index (χ0v) is 27.5. The largest absolute Gasteiger partial charge is 0.508 e. The van der Waals surface area contributed by atoms with Crippen molar-refractivity contribution in [1.82, 2.24) is 0 Å². The summed E-state index contributed by atoms with van der Waals surface area (Å²) in [4.78, 5) is 60.0.